The smallest absolute Gasteiger partial charge is 0.372 e. The van der Waals surface area contributed by atoms with Gasteiger partial charge in [-0.05, 0) is 55.5 Å². The van der Waals surface area contributed by atoms with Crippen LogP contribution in [0.25, 0.3) is 0 Å². The van der Waals surface area contributed by atoms with Crippen LogP contribution in [0, 0.1) is 12.8 Å². The first-order valence-electron chi connectivity index (χ1n) is 9.25. The monoisotopic (exact) mass is 443 g/mol. The topological polar surface area (TPSA) is 40.5 Å². The molecule has 8 heteroatoms. The Balaban J connectivity index is 1.99. The van der Waals surface area contributed by atoms with Crippen molar-refractivity contribution >= 4 is 34.8 Å². The lowest BCUT2D eigenvalue weighted by Crippen LogP contribution is -2.44. The molecule has 1 amide bonds. The standard InChI is InChI=1S/C21H18Cl2F3NO2/c1-11-7-15(21(24,25)26)18-17(8-11)27(10-12-3-2-4-12)19(28)20(18,29)14-6-5-13(22)9-16(14)23/h5-9,12,29H,2-4,10H2,1H3. The van der Waals surface area contributed by atoms with Crippen LogP contribution in [-0.2, 0) is 16.6 Å². The first kappa shape index (κ1) is 20.5. The summed E-state index contributed by atoms with van der Waals surface area (Å²) < 4.78 is 41.8. The van der Waals surface area contributed by atoms with E-state index >= 15 is 0 Å². The summed E-state index contributed by atoms with van der Waals surface area (Å²) in [6.45, 7) is 1.80. The molecule has 0 bridgehead atoms. The van der Waals surface area contributed by atoms with Gasteiger partial charge in [-0.15, -0.1) is 0 Å². The van der Waals surface area contributed by atoms with Crippen LogP contribution in [0.5, 0.6) is 0 Å². The summed E-state index contributed by atoms with van der Waals surface area (Å²) in [5, 5.41) is 11.7. The van der Waals surface area contributed by atoms with Gasteiger partial charge >= 0.3 is 6.18 Å². The van der Waals surface area contributed by atoms with Crippen molar-refractivity contribution in [3.63, 3.8) is 0 Å². The van der Waals surface area contributed by atoms with Gasteiger partial charge < -0.3 is 10.0 Å². The van der Waals surface area contributed by atoms with E-state index in [1.54, 1.807) is 0 Å². The minimum atomic E-state index is -4.75. The number of hydrogen-bond acceptors (Lipinski definition) is 2. The highest BCUT2D eigenvalue weighted by Gasteiger charge is 2.56. The molecule has 0 aromatic heterocycles. The summed E-state index contributed by atoms with van der Waals surface area (Å²) in [5.74, 6) is -0.621. The van der Waals surface area contributed by atoms with Gasteiger partial charge in [0, 0.05) is 27.7 Å². The van der Waals surface area contributed by atoms with Crippen LogP contribution < -0.4 is 4.90 Å². The van der Waals surface area contributed by atoms with Crippen molar-refractivity contribution < 1.29 is 23.1 Å². The summed E-state index contributed by atoms with van der Waals surface area (Å²) in [5.41, 5.74) is -3.72. The Labute approximate surface area is 176 Å². The Morgan fingerprint density at radius 3 is 2.45 bits per heavy atom. The Kier molecular flexibility index (Phi) is 4.88. The van der Waals surface area contributed by atoms with E-state index in [0.717, 1.165) is 25.3 Å². The van der Waals surface area contributed by atoms with Crippen molar-refractivity contribution in [1.29, 1.82) is 0 Å². The highest BCUT2D eigenvalue weighted by atomic mass is 35.5. The number of aryl methyl sites for hydroxylation is 1. The van der Waals surface area contributed by atoms with E-state index in [2.05, 4.69) is 0 Å². The summed E-state index contributed by atoms with van der Waals surface area (Å²) in [6, 6.07) is 6.47. The largest absolute Gasteiger partial charge is 0.416 e. The molecule has 4 rings (SSSR count). The number of carbonyl (C=O) groups is 1. The van der Waals surface area contributed by atoms with E-state index in [1.807, 2.05) is 0 Å². The maximum Gasteiger partial charge on any atom is 0.416 e. The lowest BCUT2D eigenvalue weighted by molar-refractivity contribution is -0.142. The number of benzene rings is 2. The van der Waals surface area contributed by atoms with Gasteiger partial charge in [-0.1, -0.05) is 35.7 Å². The van der Waals surface area contributed by atoms with Crippen LogP contribution in [0.2, 0.25) is 10.0 Å². The van der Waals surface area contributed by atoms with Gasteiger partial charge in [0.2, 0.25) is 0 Å². The van der Waals surface area contributed by atoms with Gasteiger partial charge in [0.25, 0.3) is 5.91 Å². The summed E-state index contributed by atoms with van der Waals surface area (Å²) in [6.07, 6.45) is -1.93. The number of anilines is 1. The predicted molar refractivity (Wildman–Crippen MR) is 105 cm³/mol. The maximum absolute atomic E-state index is 13.9. The third kappa shape index (κ3) is 3.22. The molecule has 1 fully saturated rings. The number of halogens is 5. The molecule has 1 unspecified atom stereocenters. The number of rotatable bonds is 3. The average molecular weight is 444 g/mol. The molecular weight excluding hydrogens is 426 g/mol. The van der Waals surface area contributed by atoms with Gasteiger partial charge in [-0.25, -0.2) is 0 Å². The molecule has 0 spiro atoms. The summed E-state index contributed by atoms with van der Waals surface area (Å²) in [4.78, 5) is 14.7. The second-order valence-corrected chi connectivity index (χ2v) is 8.60. The van der Waals surface area contributed by atoms with Crippen LogP contribution in [0.1, 0.15) is 41.5 Å². The fraction of sp³-hybridized carbons (Fsp3) is 0.381. The third-order valence-electron chi connectivity index (χ3n) is 5.76. The Morgan fingerprint density at radius 1 is 1.21 bits per heavy atom. The fourth-order valence-electron chi connectivity index (χ4n) is 4.14. The number of fused-ring (bicyclic) bond motifs is 1. The highest BCUT2D eigenvalue weighted by Crippen LogP contribution is 2.52. The predicted octanol–water partition coefficient (Wildman–Crippen LogP) is 5.70. The number of amides is 1. The zero-order chi connectivity index (χ0) is 21.1. The molecule has 3 nitrogen and oxygen atoms in total. The van der Waals surface area contributed by atoms with Crippen molar-refractivity contribution in [3.8, 4) is 0 Å². The second kappa shape index (κ2) is 6.89. The molecule has 1 saturated carbocycles. The number of aliphatic hydroxyl groups is 1. The first-order valence-corrected chi connectivity index (χ1v) is 10.0. The van der Waals surface area contributed by atoms with Crippen LogP contribution in [0.3, 0.4) is 0 Å². The van der Waals surface area contributed by atoms with Crippen molar-refractivity contribution in [2.24, 2.45) is 5.92 Å². The lowest BCUT2D eigenvalue weighted by Gasteiger charge is -2.31. The molecule has 2 aromatic rings. The summed E-state index contributed by atoms with van der Waals surface area (Å²) in [7, 11) is 0. The van der Waals surface area contributed by atoms with Crippen LogP contribution in [-0.4, -0.2) is 17.6 Å². The second-order valence-electron chi connectivity index (χ2n) is 7.75. The van der Waals surface area contributed by atoms with E-state index in [4.69, 9.17) is 23.2 Å². The maximum atomic E-state index is 13.9. The normalized spacial score (nSPS) is 22.0. The highest BCUT2D eigenvalue weighted by molar-refractivity contribution is 6.35. The van der Waals surface area contributed by atoms with E-state index in [9.17, 15) is 23.1 Å². The van der Waals surface area contributed by atoms with Gasteiger partial charge in [-0.2, -0.15) is 13.2 Å². The van der Waals surface area contributed by atoms with E-state index < -0.39 is 28.8 Å². The first-order chi connectivity index (χ1) is 13.5. The molecule has 0 saturated heterocycles. The van der Waals surface area contributed by atoms with Crippen molar-refractivity contribution in [2.45, 2.75) is 38.0 Å². The van der Waals surface area contributed by atoms with Crippen LogP contribution in [0.4, 0.5) is 18.9 Å². The molecule has 154 valence electrons. The number of alkyl halides is 3. The SMILES string of the molecule is Cc1cc2c(c(C(F)(F)F)c1)C(O)(c1ccc(Cl)cc1Cl)C(=O)N2CC1CCC1. The quantitative estimate of drug-likeness (QED) is 0.660. The average Bonchev–Trinajstić information content (AvgIpc) is 2.78. The number of carbonyl (C=O) groups excluding carboxylic acids is 1. The molecule has 1 N–H and O–H groups in total. The van der Waals surface area contributed by atoms with Gasteiger partial charge in [0.1, 0.15) is 0 Å². The molecule has 29 heavy (non-hydrogen) atoms. The minimum Gasteiger partial charge on any atom is -0.372 e. The summed E-state index contributed by atoms with van der Waals surface area (Å²) >= 11 is 12.1. The zero-order valence-corrected chi connectivity index (χ0v) is 17.0. The van der Waals surface area contributed by atoms with Crippen LogP contribution in [0.15, 0.2) is 30.3 Å². The Bertz CT molecular complexity index is 1000. The van der Waals surface area contributed by atoms with Crippen molar-refractivity contribution in [2.75, 3.05) is 11.4 Å². The number of nitrogens with zero attached hydrogens (tertiary/aromatic N) is 1. The Hall–Kier alpha value is -1.76. The van der Waals surface area contributed by atoms with Gasteiger partial charge in [-0.3, -0.25) is 4.79 Å². The van der Waals surface area contributed by atoms with Gasteiger partial charge in [0.15, 0.2) is 5.60 Å². The minimum absolute atomic E-state index is 0.0708. The molecular formula is C21H18Cl2F3NO2. The molecule has 1 atom stereocenters. The molecule has 1 aliphatic heterocycles. The molecule has 1 heterocycles. The van der Waals surface area contributed by atoms with E-state index in [0.29, 0.717) is 5.56 Å². The van der Waals surface area contributed by atoms with Crippen molar-refractivity contribution in [3.05, 3.63) is 62.6 Å². The Morgan fingerprint density at radius 2 is 1.90 bits per heavy atom. The molecule has 0 radical (unpaired) electrons. The molecule has 1 aliphatic carbocycles. The third-order valence-corrected chi connectivity index (χ3v) is 6.31. The fourth-order valence-corrected chi connectivity index (χ4v) is 4.69. The van der Waals surface area contributed by atoms with Crippen molar-refractivity contribution in [1.82, 2.24) is 0 Å². The molecule has 2 aromatic carbocycles. The zero-order valence-electron chi connectivity index (χ0n) is 15.5. The number of hydrogen-bond donors (Lipinski definition) is 1. The van der Waals surface area contributed by atoms with Gasteiger partial charge in [0.05, 0.1) is 11.3 Å². The van der Waals surface area contributed by atoms with Crippen LogP contribution >= 0.6 is 23.2 Å². The van der Waals surface area contributed by atoms with E-state index in [1.165, 1.54) is 36.1 Å². The lowest BCUT2D eigenvalue weighted by atomic mass is 9.83. The van der Waals surface area contributed by atoms with E-state index in [-0.39, 0.29) is 33.8 Å². The molecule has 2 aliphatic rings.